The van der Waals surface area contributed by atoms with Gasteiger partial charge < -0.3 is 4.74 Å². The number of H-pyrrole nitrogens is 1. The lowest BCUT2D eigenvalue weighted by atomic mass is 10.2. The number of hydrogen-bond acceptors (Lipinski definition) is 3. The Hall–Kier alpha value is -1.78. The number of fused-ring (bicyclic) bond motifs is 1. The minimum absolute atomic E-state index is 0.196. The minimum Gasteiger partial charge on any atom is -0.467 e. The second-order valence-corrected chi connectivity index (χ2v) is 3.39. The summed E-state index contributed by atoms with van der Waals surface area (Å²) >= 11 is 0. The van der Waals surface area contributed by atoms with Gasteiger partial charge in [0.15, 0.2) is 0 Å². The van der Waals surface area contributed by atoms with Gasteiger partial charge in [-0.3, -0.25) is 9.20 Å². The Morgan fingerprint density at radius 3 is 3.07 bits per heavy atom. The number of nitrogens with one attached hydrogen (secondary N) is 1. The lowest BCUT2D eigenvalue weighted by molar-refractivity contribution is 0.367. The molecule has 0 spiro atoms. The fourth-order valence-corrected chi connectivity index (χ4v) is 1.63. The van der Waals surface area contributed by atoms with Crippen LogP contribution in [0.4, 0.5) is 0 Å². The molecule has 5 nitrogen and oxygen atoms in total. The minimum atomic E-state index is -0.196. The molecule has 0 aliphatic carbocycles. The molecule has 0 amide bonds. The standard InChI is InChI=1S/C10H13N3O2/c1-3-4-7-5-8-9(14)11-12-10(15-2)13(8)6-7/h5-6H,3-4H2,1-2H3,(H,11,14). The molecule has 15 heavy (non-hydrogen) atoms. The van der Waals surface area contributed by atoms with Crippen molar-refractivity contribution < 1.29 is 4.74 Å². The van der Waals surface area contributed by atoms with E-state index >= 15 is 0 Å². The maximum absolute atomic E-state index is 11.5. The molecule has 5 heteroatoms. The molecule has 0 fully saturated rings. The summed E-state index contributed by atoms with van der Waals surface area (Å²) in [6, 6.07) is 2.26. The predicted molar refractivity (Wildman–Crippen MR) is 56.4 cm³/mol. The van der Waals surface area contributed by atoms with Crippen LogP contribution in [-0.2, 0) is 6.42 Å². The highest BCUT2D eigenvalue weighted by Crippen LogP contribution is 2.12. The van der Waals surface area contributed by atoms with Crippen LogP contribution in [0.1, 0.15) is 18.9 Å². The van der Waals surface area contributed by atoms with Gasteiger partial charge in [0.1, 0.15) is 5.52 Å². The van der Waals surface area contributed by atoms with E-state index in [2.05, 4.69) is 17.1 Å². The van der Waals surface area contributed by atoms with E-state index in [9.17, 15) is 4.79 Å². The van der Waals surface area contributed by atoms with E-state index in [0.29, 0.717) is 11.5 Å². The van der Waals surface area contributed by atoms with Crippen LogP contribution < -0.4 is 10.3 Å². The Morgan fingerprint density at radius 1 is 1.60 bits per heavy atom. The van der Waals surface area contributed by atoms with Crippen molar-refractivity contribution >= 4 is 5.52 Å². The van der Waals surface area contributed by atoms with Gasteiger partial charge >= 0.3 is 6.01 Å². The highest BCUT2D eigenvalue weighted by Gasteiger charge is 2.07. The first-order chi connectivity index (χ1) is 7.26. The quantitative estimate of drug-likeness (QED) is 0.816. The van der Waals surface area contributed by atoms with Crippen LogP contribution >= 0.6 is 0 Å². The Balaban J connectivity index is 2.66. The van der Waals surface area contributed by atoms with E-state index < -0.39 is 0 Å². The van der Waals surface area contributed by atoms with Crippen LogP contribution in [-0.4, -0.2) is 21.7 Å². The number of hydrogen-bond donors (Lipinski definition) is 1. The molecule has 2 rings (SSSR count). The van der Waals surface area contributed by atoms with Gasteiger partial charge in [-0.15, -0.1) is 5.10 Å². The number of ether oxygens (including phenoxy) is 1. The highest BCUT2D eigenvalue weighted by molar-refractivity contribution is 5.49. The first-order valence-electron chi connectivity index (χ1n) is 4.90. The summed E-state index contributed by atoms with van der Waals surface area (Å²) in [6.07, 6.45) is 3.88. The number of methoxy groups -OCH3 is 1. The lowest BCUT2D eigenvalue weighted by Crippen LogP contribution is -2.12. The molecule has 0 bridgehead atoms. The van der Waals surface area contributed by atoms with Gasteiger partial charge in [0.2, 0.25) is 0 Å². The number of aryl methyl sites for hydroxylation is 1. The molecular formula is C10H13N3O2. The fraction of sp³-hybridized carbons (Fsp3) is 0.400. The number of aromatic nitrogens is 3. The first kappa shape index (κ1) is 9.76. The predicted octanol–water partition coefficient (Wildman–Crippen LogP) is 0.984. The summed E-state index contributed by atoms with van der Waals surface area (Å²) < 4.78 is 6.73. The van der Waals surface area contributed by atoms with Gasteiger partial charge in [-0.05, 0) is 18.1 Å². The van der Waals surface area contributed by atoms with E-state index in [1.54, 1.807) is 4.40 Å². The Bertz CT molecular complexity index is 527. The average molecular weight is 207 g/mol. The zero-order valence-electron chi connectivity index (χ0n) is 8.78. The van der Waals surface area contributed by atoms with E-state index in [1.807, 2.05) is 12.3 Å². The Kier molecular flexibility index (Phi) is 2.45. The molecular weight excluding hydrogens is 194 g/mol. The molecule has 0 saturated heterocycles. The SMILES string of the molecule is CCCc1cc2c(=O)[nH]nc(OC)n2c1. The fourth-order valence-electron chi connectivity index (χ4n) is 1.63. The summed E-state index contributed by atoms with van der Waals surface area (Å²) in [5, 5.41) is 6.20. The van der Waals surface area contributed by atoms with Crippen LogP contribution in [0, 0.1) is 0 Å². The van der Waals surface area contributed by atoms with Gasteiger partial charge in [0.25, 0.3) is 5.56 Å². The highest BCUT2D eigenvalue weighted by atomic mass is 16.5. The molecule has 0 aliphatic rings. The third-order valence-electron chi connectivity index (χ3n) is 2.29. The normalized spacial score (nSPS) is 10.8. The van der Waals surface area contributed by atoms with Gasteiger partial charge in [0.05, 0.1) is 7.11 Å². The summed E-state index contributed by atoms with van der Waals surface area (Å²) in [5.41, 5.74) is 1.50. The van der Waals surface area contributed by atoms with Crippen molar-refractivity contribution in [1.82, 2.24) is 14.6 Å². The topological polar surface area (TPSA) is 59.4 Å². The molecule has 0 atom stereocenters. The van der Waals surface area contributed by atoms with Gasteiger partial charge in [-0.2, -0.15) is 0 Å². The van der Waals surface area contributed by atoms with E-state index in [1.165, 1.54) is 7.11 Å². The smallest absolute Gasteiger partial charge is 0.318 e. The van der Waals surface area contributed by atoms with Crippen molar-refractivity contribution in [2.45, 2.75) is 19.8 Å². The van der Waals surface area contributed by atoms with E-state index in [0.717, 1.165) is 18.4 Å². The third-order valence-corrected chi connectivity index (χ3v) is 2.29. The van der Waals surface area contributed by atoms with Gasteiger partial charge in [0, 0.05) is 6.20 Å². The third kappa shape index (κ3) is 1.60. The molecule has 2 aromatic rings. The molecule has 80 valence electrons. The summed E-state index contributed by atoms with van der Waals surface area (Å²) in [5.74, 6) is 0. The molecule has 0 aromatic carbocycles. The zero-order valence-corrected chi connectivity index (χ0v) is 8.78. The van der Waals surface area contributed by atoms with Crippen LogP contribution in [0.15, 0.2) is 17.1 Å². The van der Waals surface area contributed by atoms with Crippen LogP contribution in [0.2, 0.25) is 0 Å². The maximum atomic E-state index is 11.5. The van der Waals surface area contributed by atoms with E-state index in [4.69, 9.17) is 4.74 Å². The monoisotopic (exact) mass is 207 g/mol. The molecule has 1 N–H and O–H groups in total. The molecule has 0 aliphatic heterocycles. The largest absolute Gasteiger partial charge is 0.467 e. The summed E-state index contributed by atoms with van der Waals surface area (Å²) in [4.78, 5) is 11.5. The van der Waals surface area contributed by atoms with Gasteiger partial charge in [-0.1, -0.05) is 13.3 Å². The lowest BCUT2D eigenvalue weighted by Gasteiger charge is -2.00. The number of nitrogens with zero attached hydrogens (tertiary/aromatic N) is 2. The Labute approximate surface area is 86.7 Å². The molecule has 2 aromatic heterocycles. The van der Waals surface area contributed by atoms with Crippen molar-refractivity contribution in [1.29, 1.82) is 0 Å². The molecule has 0 saturated carbocycles. The molecule has 2 heterocycles. The summed E-state index contributed by atoms with van der Waals surface area (Å²) in [7, 11) is 1.53. The Morgan fingerprint density at radius 2 is 2.40 bits per heavy atom. The van der Waals surface area contributed by atoms with Crippen molar-refractivity contribution in [2.75, 3.05) is 7.11 Å². The number of rotatable bonds is 3. The van der Waals surface area contributed by atoms with Crippen molar-refractivity contribution in [2.24, 2.45) is 0 Å². The van der Waals surface area contributed by atoms with Crippen molar-refractivity contribution in [3.8, 4) is 6.01 Å². The number of aromatic amines is 1. The first-order valence-corrected chi connectivity index (χ1v) is 4.90. The van der Waals surface area contributed by atoms with Crippen LogP contribution in [0.3, 0.4) is 0 Å². The summed E-state index contributed by atoms with van der Waals surface area (Å²) in [6.45, 7) is 2.10. The van der Waals surface area contributed by atoms with Crippen molar-refractivity contribution in [3.05, 3.63) is 28.2 Å². The van der Waals surface area contributed by atoms with Crippen LogP contribution in [0.5, 0.6) is 6.01 Å². The molecule has 0 unspecified atom stereocenters. The van der Waals surface area contributed by atoms with E-state index in [-0.39, 0.29) is 5.56 Å². The van der Waals surface area contributed by atoms with Crippen LogP contribution in [0.25, 0.3) is 5.52 Å². The second kappa shape index (κ2) is 3.76. The van der Waals surface area contributed by atoms with Crippen molar-refractivity contribution in [3.63, 3.8) is 0 Å². The van der Waals surface area contributed by atoms with Gasteiger partial charge in [-0.25, -0.2) is 5.10 Å². The second-order valence-electron chi connectivity index (χ2n) is 3.39. The maximum Gasteiger partial charge on any atom is 0.318 e. The average Bonchev–Trinajstić information content (AvgIpc) is 2.64. The zero-order chi connectivity index (χ0) is 10.8. The molecule has 0 radical (unpaired) electrons.